The molecule has 8 heteroatoms. The van der Waals surface area contributed by atoms with Crippen LogP contribution in [0.25, 0.3) is 0 Å². The van der Waals surface area contributed by atoms with Crippen LogP contribution in [0.4, 0.5) is 26.3 Å². The lowest BCUT2D eigenvalue weighted by Crippen LogP contribution is -2.33. The minimum Gasteiger partial charge on any atom is -0.371 e. The predicted octanol–water partition coefficient (Wildman–Crippen LogP) is 3.39. The molecule has 2 rings (SSSR count). The summed E-state index contributed by atoms with van der Waals surface area (Å²) in [6.07, 6.45) is -10.5. The summed E-state index contributed by atoms with van der Waals surface area (Å²) < 4.78 is 81.3. The van der Waals surface area contributed by atoms with E-state index in [1.165, 1.54) is 0 Å². The molecule has 1 saturated heterocycles. The third kappa shape index (κ3) is 3.43. The molecular weight excluding hydrogens is 288 g/mol. The van der Waals surface area contributed by atoms with Crippen LogP contribution in [0.3, 0.4) is 0 Å². The first-order chi connectivity index (χ1) is 9.18. The minimum atomic E-state index is -4.84. The first kappa shape index (κ1) is 15.1. The average Bonchev–Trinajstić information content (AvgIpc) is 2.37. The highest BCUT2D eigenvalue weighted by Crippen LogP contribution is 2.37. The van der Waals surface area contributed by atoms with Crippen LogP contribution in [0.2, 0.25) is 0 Å². The summed E-state index contributed by atoms with van der Waals surface area (Å²) in [5.74, 6) is 0. The number of hydrogen-bond acceptors (Lipinski definition) is 2. The van der Waals surface area contributed by atoms with Gasteiger partial charge in [-0.3, -0.25) is 0 Å². The normalized spacial score (nSPS) is 21.0. The quantitative estimate of drug-likeness (QED) is 0.803. The minimum absolute atomic E-state index is 0.111. The average molecular weight is 299 g/mol. The Kier molecular flexibility index (Phi) is 3.97. The fourth-order valence-corrected chi connectivity index (χ4v) is 1.94. The number of alkyl halides is 6. The van der Waals surface area contributed by atoms with Gasteiger partial charge in [-0.2, -0.15) is 26.3 Å². The fourth-order valence-electron chi connectivity index (χ4n) is 1.94. The lowest BCUT2D eigenvalue weighted by atomic mass is 10.0. The second-order valence-corrected chi connectivity index (χ2v) is 4.40. The summed E-state index contributed by atoms with van der Waals surface area (Å²) in [5.41, 5.74) is -2.77. The van der Waals surface area contributed by atoms with Gasteiger partial charge in [-0.05, 0) is 23.8 Å². The van der Waals surface area contributed by atoms with Gasteiger partial charge in [-0.25, -0.2) is 0 Å². The molecule has 2 nitrogen and oxygen atoms in total. The maximum absolute atomic E-state index is 12.7. The van der Waals surface area contributed by atoms with Crippen LogP contribution in [0.1, 0.15) is 22.8 Å². The lowest BCUT2D eigenvalue weighted by molar-refractivity contribution is -0.143. The molecule has 0 saturated carbocycles. The van der Waals surface area contributed by atoms with E-state index < -0.39 is 29.6 Å². The molecule has 1 atom stereocenters. The Balaban J connectivity index is 2.45. The zero-order valence-corrected chi connectivity index (χ0v) is 10.1. The summed E-state index contributed by atoms with van der Waals surface area (Å²) in [5, 5.41) is 2.86. The van der Waals surface area contributed by atoms with Crippen LogP contribution in [0.15, 0.2) is 18.2 Å². The summed E-state index contributed by atoms with van der Waals surface area (Å²) in [6, 6.07) is 1.51. The van der Waals surface area contributed by atoms with Crippen molar-refractivity contribution in [2.24, 2.45) is 0 Å². The molecule has 112 valence electrons. The molecular formula is C12H11F6NO. The number of hydrogen-bond donors (Lipinski definition) is 1. The number of benzene rings is 1. The third-order valence-electron chi connectivity index (χ3n) is 2.91. The van der Waals surface area contributed by atoms with Gasteiger partial charge >= 0.3 is 12.4 Å². The number of halogens is 6. The molecule has 0 spiro atoms. The van der Waals surface area contributed by atoms with Crippen molar-refractivity contribution in [2.75, 3.05) is 19.7 Å². The van der Waals surface area contributed by atoms with Crippen molar-refractivity contribution in [3.05, 3.63) is 34.9 Å². The van der Waals surface area contributed by atoms with Crippen LogP contribution in [0.5, 0.6) is 0 Å². The molecule has 20 heavy (non-hydrogen) atoms. The summed E-state index contributed by atoms with van der Waals surface area (Å²) in [4.78, 5) is 0. The fraction of sp³-hybridized carbons (Fsp3) is 0.500. The van der Waals surface area contributed by atoms with E-state index in [4.69, 9.17) is 4.74 Å². The standard InChI is InChI=1S/C12H11F6NO/c13-11(14,15)8-3-7(10-6-19-1-2-20-10)4-9(5-8)12(16,17)18/h3-5,10,19H,1-2,6H2/t10-/m0/s1. The monoisotopic (exact) mass is 299 g/mol. The van der Waals surface area contributed by atoms with Crippen LogP contribution < -0.4 is 5.32 Å². The number of rotatable bonds is 1. The number of morpholine rings is 1. The van der Waals surface area contributed by atoms with Crippen molar-refractivity contribution in [1.82, 2.24) is 5.32 Å². The van der Waals surface area contributed by atoms with Crippen molar-refractivity contribution in [3.8, 4) is 0 Å². The lowest BCUT2D eigenvalue weighted by Gasteiger charge is -2.25. The molecule has 1 aliphatic heterocycles. The van der Waals surface area contributed by atoms with E-state index in [-0.39, 0.29) is 24.8 Å². The van der Waals surface area contributed by atoms with Crippen molar-refractivity contribution >= 4 is 0 Å². The Morgan fingerprint density at radius 3 is 1.90 bits per heavy atom. The van der Waals surface area contributed by atoms with E-state index in [1.54, 1.807) is 0 Å². The molecule has 1 aromatic rings. The van der Waals surface area contributed by atoms with Gasteiger partial charge in [0.25, 0.3) is 0 Å². The number of nitrogens with one attached hydrogen (secondary N) is 1. The smallest absolute Gasteiger partial charge is 0.371 e. The second-order valence-electron chi connectivity index (χ2n) is 4.40. The largest absolute Gasteiger partial charge is 0.416 e. The van der Waals surface area contributed by atoms with Crippen molar-refractivity contribution in [2.45, 2.75) is 18.5 Å². The van der Waals surface area contributed by atoms with Gasteiger partial charge in [0.2, 0.25) is 0 Å². The molecule has 0 unspecified atom stereocenters. The van der Waals surface area contributed by atoms with Crippen molar-refractivity contribution in [1.29, 1.82) is 0 Å². The summed E-state index contributed by atoms with van der Waals surface area (Å²) >= 11 is 0. The predicted molar refractivity (Wildman–Crippen MR) is 58.0 cm³/mol. The van der Waals surface area contributed by atoms with Gasteiger partial charge in [0.1, 0.15) is 0 Å². The molecule has 0 aromatic heterocycles. The molecule has 0 bridgehead atoms. The van der Waals surface area contributed by atoms with Crippen molar-refractivity contribution in [3.63, 3.8) is 0 Å². The molecule has 0 aliphatic carbocycles. The van der Waals surface area contributed by atoms with E-state index >= 15 is 0 Å². The molecule has 1 aromatic carbocycles. The van der Waals surface area contributed by atoms with E-state index in [0.29, 0.717) is 18.7 Å². The van der Waals surface area contributed by atoms with Gasteiger partial charge < -0.3 is 10.1 Å². The van der Waals surface area contributed by atoms with E-state index in [2.05, 4.69) is 5.32 Å². The van der Waals surface area contributed by atoms with Gasteiger partial charge in [0.15, 0.2) is 0 Å². The zero-order chi connectivity index (χ0) is 15.0. The Hall–Kier alpha value is -1.28. The Labute approximate surface area is 110 Å². The highest BCUT2D eigenvalue weighted by atomic mass is 19.4. The van der Waals surface area contributed by atoms with E-state index in [0.717, 1.165) is 0 Å². The molecule has 0 radical (unpaired) electrons. The van der Waals surface area contributed by atoms with Gasteiger partial charge in [-0.1, -0.05) is 0 Å². The van der Waals surface area contributed by atoms with Gasteiger partial charge in [0, 0.05) is 13.1 Å². The summed E-state index contributed by atoms with van der Waals surface area (Å²) in [7, 11) is 0. The molecule has 0 amide bonds. The van der Waals surface area contributed by atoms with Crippen LogP contribution >= 0.6 is 0 Å². The molecule has 1 aliphatic rings. The maximum Gasteiger partial charge on any atom is 0.416 e. The van der Waals surface area contributed by atoms with Crippen LogP contribution in [0, 0.1) is 0 Å². The highest BCUT2D eigenvalue weighted by Gasteiger charge is 2.37. The van der Waals surface area contributed by atoms with Gasteiger partial charge in [0.05, 0.1) is 23.8 Å². The van der Waals surface area contributed by atoms with Crippen LogP contribution in [-0.4, -0.2) is 19.7 Å². The Morgan fingerprint density at radius 1 is 0.950 bits per heavy atom. The molecule has 1 fully saturated rings. The Bertz CT molecular complexity index is 444. The molecule has 1 N–H and O–H groups in total. The topological polar surface area (TPSA) is 21.3 Å². The highest BCUT2D eigenvalue weighted by molar-refractivity contribution is 5.35. The second kappa shape index (κ2) is 5.25. The summed E-state index contributed by atoms with van der Waals surface area (Å²) in [6.45, 7) is 0.933. The van der Waals surface area contributed by atoms with Crippen LogP contribution in [-0.2, 0) is 17.1 Å². The third-order valence-corrected chi connectivity index (χ3v) is 2.91. The van der Waals surface area contributed by atoms with E-state index in [1.807, 2.05) is 0 Å². The maximum atomic E-state index is 12.7. The van der Waals surface area contributed by atoms with Gasteiger partial charge in [-0.15, -0.1) is 0 Å². The Morgan fingerprint density at radius 2 is 1.50 bits per heavy atom. The van der Waals surface area contributed by atoms with E-state index in [9.17, 15) is 26.3 Å². The van der Waals surface area contributed by atoms with Crippen molar-refractivity contribution < 1.29 is 31.1 Å². The first-order valence-corrected chi connectivity index (χ1v) is 5.79. The number of ether oxygens (including phenoxy) is 1. The first-order valence-electron chi connectivity index (χ1n) is 5.79. The SMILES string of the molecule is FC(F)(F)c1cc([C@@H]2CNCCO2)cc(C(F)(F)F)c1. The zero-order valence-electron chi connectivity index (χ0n) is 10.1. The molecule has 1 heterocycles.